The van der Waals surface area contributed by atoms with Crippen LogP contribution < -0.4 is 0 Å². The van der Waals surface area contributed by atoms with Crippen LogP contribution in [0.4, 0.5) is 13.2 Å². The van der Waals surface area contributed by atoms with Gasteiger partial charge in [0, 0.05) is 17.6 Å². The van der Waals surface area contributed by atoms with Crippen molar-refractivity contribution in [1.29, 1.82) is 0 Å². The maximum atomic E-state index is 13.0. The molecule has 0 aliphatic carbocycles. The van der Waals surface area contributed by atoms with Crippen molar-refractivity contribution in [2.45, 2.75) is 70.1 Å². The van der Waals surface area contributed by atoms with Crippen molar-refractivity contribution >= 4 is 0 Å². The third kappa shape index (κ3) is 4.25. The molecule has 0 spiro atoms. The smallest absolute Gasteiger partial charge is 0.297 e. The molecule has 2 heterocycles. The van der Waals surface area contributed by atoms with Crippen molar-refractivity contribution in [3.63, 3.8) is 0 Å². The molecule has 1 atom stereocenters. The number of halogens is 3. The molecule has 2 fully saturated rings. The number of piperidine rings is 1. The van der Waals surface area contributed by atoms with Crippen LogP contribution in [0.25, 0.3) is 0 Å². The number of aryl methyl sites for hydroxylation is 1. The van der Waals surface area contributed by atoms with Gasteiger partial charge in [-0.2, -0.15) is 13.2 Å². The molecule has 1 aromatic rings. The highest BCUT2D eigenvalue weighted by Crippen LogP contribution is 2.38. The second-order valence-corrected chi connectivity index (χ2v) is 8.96. The van der Waals surface area contributed by atoms with Crippen LogP contribution >= 0.6 is 0 Å². The number of benzene rings is 1. The second kappa shape index (κ2) is 7.16. The average Bonchev–Trinajstić information content (AvgIpc) is 2.50. The lowest BCUT2D eigenvalue weighted by Gasteiger charge is -2.56. The van der Waals surface area contributed by atoms with E-state index >= 15 is 0 Å². The van der Waals surface area contributed by atoms with Crippen molar-refractivity contribution in [1.82, 2.24) is 9.80 Å². The zero-order valence-corrected chi connectivity index (χ0v) is 16.2. The van der Waals surface area contributed by atoms with Crippen LogP contribution in [0.5, 0.6) is 0 Å². The molecular formula is C21H31F3N2. The number of hydrogen-bond donors (Lipinski definition) is 0. The van der Waals surface area contributed by atoms with Gasteiger partial charge in [-0.15, -0.1) is 0 Å². The predicted octanol–water partition coefficient (Wildman–Crippen LogP) is 4.98. The summed E-state index contributed by atoms with van der Waals surface area (Å²) in [6.07, 6.45) is 0.925. The van der Waals surface area contributed by atoms with E-state index in [1.54, 1.807) is 0 Å². The summed E-state index contributed by atoms with van der Waals surface area (Å²) in [6.45, 7) is 11.2. The third-order valence-electron chi connectivity index (χ3n) is 6.16. The highest BCUT2D eigenvalue weighted by atomic mass is 19.4. The first kappa shape index (κ1) is 19.7. The molecule has 2 aliphatic heterocycles. The van der Waals surface area contributed by atoms with Crippen molar-refractivity contribution in [2.75, 3.05) is 26.2 Å². The van der Waals surface area contributed by atoms with E-state index in [4.69, 9.17) is 0 Å². The second-order valence-electron chi connectivity index (χ2n) is 8.96. The van der Waals surface area contributed by atoms with Gasteiger partial charge < -0.3 is 0 Å². The molecule has 2 nitrogen and oxygen atoms in total. The van der Waals surface area contributed by atoms with Gasteiger partial charge in [0.25, 0.3) is 0 Å². The topological polar surface area (TPSA) is 6.48 Å². The summed E-state index contributed by atoms with van der Waals surface area (Å²) in [6, 6.07) is 5.87. The number of hydrogen-bond acceptors (Lipinski definition) is 2. The van der Waals surface area contributed by atoms with Crippen LogP contribution in [-0.2, 0) is 12.6 Å². The Kier molecular flexibility index (Phi) is 5.42. The van der Waals surface area contributed by atoms with Crippen molar-refractivity contribution in [3.05, 3.63) is 35.4 Å². The molecule has 1 aromatic carbocycles. The van der Waals surface area contributed by atoms with Gasteiger partial charge in [-0.05, 0) is 84.1 Å². The Bertz CT molecular complexity index is 616. The standard InChI is InChI=1S/C21H31F3N2/c1-19(2,3)26-12-5-10-20(16-26,25-13-6-14-25)11-9-17-7-4-8-18(15-17)21(22,23)24/h4,7-8,15H,5-6,9-14,16H2,1-3H3/t20-/m0/s1. The number of alkyl halides is 3. The number of rotatable bonds is 4. The summed E-state index contributed by atoms with van der Waals surface area (Å²) >= 11 is 0. The third-order valence-corrected chi connectivity index (χ3v) is 6.16. The van der Waals surface area contributed by atoms with Crippen LogP contribution in [0.1, 0.15) is 57.6 Å². The number of nitrogens with zero attached hydrogens (tertiary/aromatic N) is 2. The Hall–Kier alpha value is -1.07. The zero-order valence-electron chi connectivity index (χ0n) is 16.2. The Morgan fingerprint density at radius 2 is 1.77 bits per heavy atom. The molecule has 26 heavy (non-hydrogen) atoms. The molecule has 0 saturated carbocycles. The first-order valence-electron chi connectivity index (χ1n) is 9.76. The van der Waals surface area contributed by atoms with Crippen LogP contribution in [0.3, 0.4) is 0 Å². The molecule has 0 radical (unpaired) electrons. The van der Waals surface area contributed by atoms with E-state index in [0.717, 1.165) is 57.1 Å². The first-order chi connectivity index (χ1) is 12.1. The van der Waals surface area contributed by atoms with E-state index in [-0.39, 0.29) is 11.1 Å². The van der Waals surface area contributed by atoms with Gasteiger partial charge in [-0.3, -0.25) is 9.80 Å². The van der Waals surface area contributed by atoms with Crippen LogP contribution in [-0.4, -0.2) is 47.1 Å². The molecule has 2 saturated heterocycles. The zero-order chi connectivity index (χ0) is 19.0. The fourth-order valence-corrected chi connectivity index (χ4v) is 4.38. The van der Waals surface area contributed by atoms with E-state index in [0.29, 0.717) is 6.42 Å². The average molecular weight is 368 g/mol. The van der Waals surface area contributed by atoms with Gasteiger partial charge in [-0.1, -0.05) is 18.2 Å². The monoisotopic (exact) mass is 368 g/mol. The number of likely N-dealkylation sites (tertiary alicyclic amines) is 2. The minimum Gasteiger partial charge on any atom is -0.297 e. The Balaban J connectivity index is 1.76. The van der Waals surface area contributed by atoms with E-state index in [9.17, 15) is 13.2 Å². The summed E-state index contributed by atoms with van der Waals surface area (Å²) in [5.41, 5.74) is 0.505. The molecule has 2 aliphatic rings. The molecule has 0 unspecified atom stereocenters. The summed E-state index contributed by atoms with van der Waals surface area (Å²) in [4.78, 5) is 5.14. The fourth-order valence-electron chi connectivity index (χ4n) is 4.38. The normalized spacial score (nSPS) is 25.9. The molecule has 0 bridgehead atoms. The summed E-state index contributed by atoms with van der Waals surface area (Å²) < 4.78 is 39.0. The molecule has 0 amide bonds. The molecule has 0 N–H and O–H groups in total. The lowest BCUT2D eigenvalue weighted by atomic mass is 9.78. The minimum absolute atomic E-state index is 0.109. The molecule has 146 valence electrons. The molecule has 0 aromatic heterocycles. The van der Waals surface area contributed by atoms with Crippen LogP contribution in [0, 0.1) is 0 Å². The van der Waals surface area contributed by atoms with Crippen molar-refractivity contribution < 1.29 is 13.2 Å². The maximum absolute atomic E-state index is 13.0. The largest absolute Gasteiger partial charge is 0.416 e. The van der Waals surface area contributed by atoms with Crippen molar-refractivity contribution in [3.8, 4) is 0 Å². The molecule has 5 heteroatoms. The van der Waals surface area contributed by atoms with E-state index in [2.05, 4.69) is 30.6 Å². The SMILES string of the molecule is CC(C)(C)N1CCC[C@@](CCc2cccc(C(F)(F)F)c2)(N2CCC2)C1. The van der Waals surface area contributed by atoms with E-state index in [1.165, 1.54) is 18.6 Å². The van der Waals surface area contributed by atoms with Gasteiger partial charge in [-0.25, -0.2) is 0 Å². The molecule has 3 rings (SSSR count). The lowest BCUT2D eigenvalue weighted by Crippen LogP contribution is -2.65. The van der Waals surface area contributed by atoms with E-state index < -0.39 is 11.7 Å². The fraction of sp³-hybridized carbons (Fsp3) is 0.714. The Morgan fingerprint density at radius 1 is 1.04 bits per heavy atom. The summed E-state index contributed by atoms with van der Waals surface area (Å²) in [7, 11) is 0. The van der Waals surface area contributed by atoms with Crippen LogP contribution in [0.15, 0.2) is 24.3 Å². The highest BCUT2D eigenvalue weighted by molar-refractivity contribution is 5.26. The van der Waals surface area contributed by atoms with Crippen LogP contribution in [0.2, 0.25) is 0 Å². The quantitative estimate of drug-likeness (QED) is 0.740. The Morgan fingerprint density at radius 3 is 2.35 bits per heavy atom. The van der Waals surface area contributed by atoms with Gasteiger partial charge in [0.15, 0.2) is 0 Å². The molecular weight excluding hydrogens is 337 g/mol. The van der Waals surface area contributed by atoms with E-state index in [1.807, 2.05) is 6.07 Å². The first-order valence-corrected chi connectivity index (χ1v) is 9.76. The minimum atomic E-state index is -4.26. The van der Waals surface area contributed by atoms with Gasteiger partial charge in [0.05, 0.1) is 5.56 Å². The van der Waals surface area contributed by atoms with Gasteiger partial charge >= 0.3 is 6.18 Å². The van der Waals surface area contributed by atoms with Gasteiger partial charge in [0.1, 0.15) is 0 Å². The summed E-state index contributed by atoms with van der Waals surface area (Å²) in [5.74, 6) is 0. The van der Waals surface area contributed by atoms with Gasteiger partial charge in [0.2, 0.25) is 0 Å². The highest BCUT2D eigenvalue weighted by Gasteiger charge is 2.44. The lowest BCUT2D eigenvalue weighted by molar-refractivity contribution is -0.137. The summed E-state index contributed by atoms with van der Waals surface area (Å²) in [5, 5.41) is 0. The maximum Gasteiger partial charge on any atom is 0.416 e. The van der Waals surface area contributed by atoms with Crippen molar-refractivity contribution in [2.24, 2.45) is 0 Å². The predicted molar refractivity (Wildman–Crippen MR) is 99.2 cm³/mol. The Labute approximate surface area is 155 Å².